The highest BCUT2D eigenvalue weighted by Crippen LogP contribution is 2.28. The largest absolute Gasteiger partial charge is 0.466 e. The van der Waals surface area contributed by atoms with Crippen LogP contribution in [0.15, 0.2) is 23.6 Å². The van der Waals surface area contributed by atoms with E-state index in [-0.39, 0.29) is 12.4 Å². The van der Waals surface area contributed by atoms with Crippen LogP contribution in [-0.4, -0.2) is 17.6 Å². The Bertz CT molecular complexity index is 613. The Labute approximate surface area is 126 Å². The Kier molecular flexibility index (Phi) is 4.98. The molecule has 4 nitrogen and oxygen atoms in total. The summed E-state index contributed by atoms with van der Waals surface area (Å²) >= 11 is 7.58. The maximum Gasteiger partial charge on any atom is 0.311 e. The second-order valence-electron chi connectivity index (χ2n) is 4.23. The van der Waals surface area contributed by atoms with E-state index in [0.717, 1.165) is 11.3 Å². The monoisotopic (exact) mass is 310 g/mol. The van der Waals surface area contributed by atoms with E-state index in [4.69, 9.17) is 16.3 Å². The lowest BCUT2D eigenvalue weighted by Gasteiger charge is -2.05. The average Bonchev–Trinajstić information content (AvgIpc) is 2.80. The molecule has 0 fully saturated rings. The molecule has 0 spiro atoms. The van der Waals surface area contributed by atoms with Gasteiger partial charge in [0, 0.05) is 5.38 Å². The third-order valence-electron chi connectivity index (χ3n) is 2.55. The van der Waals surface area contributed by atoms with Crippen LogP contribution in [0.3, 0.4) is 0 Å². The summed E-state index contributed by atoms with van der Waals surface area (Å²) in [5.74, 6) is -0.266. The molecule has 1 aromatic heterocycles. The van der Waals surface area contributed by atoms with Crippen LogP contribution < -0.4 is 5.32 Å². The predicted octanol–water partition coefficient (Wildman–Crippen LogP) is 3.95. The van der Waals surface area contributed by atoms with Crippen molar-refractivity contribution < 1.29 is 9.53 Å². The Morgan fingerprint density at radius 1 is 1.50 bits per heavy atom. The van der Waals surface area contributed by atoms with Crippen molar-refractivity contribution >= 4 is 39.7 Å². The fourth-order valence-electron chi connectivity index (χ4n) is 1.64. The zero-order valence-electron chi connectivity index (χ0n) is 11.3. The van der Waals surface area contributed by atoms with E-state index in [1.807, 2.05) is 30.5 Å². The third kappa shape index (κ3) is 3.95. The van der Waals surface area contributed by atoms with Gasteiger partial charge in [0.15, 0.2) is 5.13 Å². The van der Waals surface area contributed by atoms with Crippen molar-refractivity contribution in [2.45, 2.75) is 20.3 Å². The van der Waals surface area contributed by atoms with Gasteiger partial charge in [-0.2, -0.15) is 0 Å². The standard InChI is InChI=1S/C14H15ClN2O2S/c1-3-19-13(18)7-10-8-20-14(16-10)17-12-5-4-9(2)6-11(12)15/h4-6,8H,3,7H2,1-2H3,(H,16,17). The molecule has 6 heteroatoms. The van der Waals surface area contributed by atoms with Crippen molar-refractivity contribution in [1.29, 1.82) is 0 Å². The van der Waals surface area contributed by atoms with Crippen LogP contribution in [0.1, 0.15) is 18.2 Å². The fourth-order valence-corrected chi connectivity index (χ4v) is 2.65. The first kappa shape index (κ1) is 14.8. The molecule has 2 aromatic rings. The number of rotatable bonds is 5. The van der Waals surface area contributed by atoms with Crippen LogP contribution in [0.5, 0.6) is 0 Å². The highest BCUT2D eigenvalue weighted by molar-refractivity contribution is 7.13. The maximum absolute atomic E-state index is 11.4. The van der Waals surface area contributed by atoms with E-state index in [1.165, 1.54) is 11.3 Å². The van der Waals surface area contributed by atoms with Gasteiger partial charge in [-0.25, -0.2) is 4.98 Å². The van der Waals surface area contributed by atoms with Gasteiger partial charge in [-0.3, -0.25) is 4.79 Å². The van der Waals surface area contributed by atoms with Crippen LogP contribution in [-0.2, 0) is 16.0 Å². The van der Waals surface area contributed by atoms with Gasteiger partial charge in [0.2, 0.25) is 0 Å². The summed E-state index contributed by atoms with van der Waals surface area (Å²) in [4.78, 5) is 15.7. The number of esters is 1. The molecule has 0 aliphatic rings. The Morgan fingerprint density at radius 3 is 3.00 bits per heavy atom. The minimum absolute atomic E-state index is 0.188. The lowest BCUT2D eigenvalue weighted by molar-refractivity contribution is -0.142. The summed E-state index contributed by atoms with van der Waals surface area (Å²) in [5.41, 5.74) is 2.59. The number of aryl methyl sites for hydroxylation is 1. The summed E-state index contributed by atoms with van der Waals surface area (Å²) in [6, 6.07) is 5.77. The van der Waals surface area contributed by atoms with Crippen molar-refractivity contribution in [3.8, 4) is 0 Å². The van der Waals surface area contributed by atoms with Gasteiger partial charge in [0.05, 0.1) is 29.4 Å². The van der Waals surface area contributed by atoms with Crippen molar-refractivity contribution in [2.24, 2.45) is 0 Å². The molecular weight excluding hydrogens is 296 g/mol. The van der Waals surface area contributed by atoms with E-state index in [9.17, 15) is 4.79 Å². The van der Waals surface area contributed by atoms with Crippen LogP contribution in [0.2, 0.25) is 5.02 Å². The van der Waals surface area contributed by atoms with Gasteiger partial charge >= 0.3 is 5.97 Å². The van der Waals surface area contributed by atoms with E-state index >= 15 is 0 Å². The minimum Gasteiger partial charge on any atom is -0.466 e. The van der Waals surface area contributed by atoms with Gasteiger partial charge in [0.25, 0.3) is 0 Å². The number of nitrogens with zero attached hydrogens (tertiary/aromatic N) is 1. The van der Waals surface area contributed by atoms with Gasteiger partial charge in [-0.15, -0.1) is 11.3 Å². The topological polar surface area (TPSA) is 51.2 Å². The number of aromatic nitrogens is 1. The quantitative estimate of drug-likeness (QED) is 0.849. The van der Waals surface area contributed by atoms with Crippen LogP contribution in [0.25, 0.3) is 0 Å². The molecule has 106 valence electrons. The average molecular weight is 311 g/mol. The van der Waals surface area contributed by atoms with Crippen molar-refractivity contribution in [2.75, 3.05) is 11.9 Å². The van der Waals surface area contributed by atoms with Crippen molar-refractivity contribution in [3.05, 3.63) is 39.9 Å². The number of anilines is 2. The van der Waals surface area contributed by atoms with E-state index in [1.54, 1.807) is 6.92 Å². The molecule has 2 rings (SSSR count). The number of carbonyl (C=O) groups excluding carboxylic acids is 1. The number of hydrogen-bond acceptors (Lipinski definition) is 5. The predicted molar refractivity (Wildman–Crippen MR) is 81.9 cm³/mol. The first-order chi connectivity index (χ1) is 9.58. The molecule has 1 N–H and O–H groups in total. The number of ether oxygens (including phenoxy) is 1. The number of hydrogen-bond donors (Lipinski definition) is 1. The van der Waals surface area contributed by atoms with E-state index < -0.39 is 0 Å². The molecule has 1 aromatic carbocycles. The molecule has 0 aliphatic heterocycles. The maximum atomic E-state index is 11.4. The molecule has 0 amide bonds. The lowest BCUT2D eigenvalue weighted by Crippen LogP contribution is -2.07. The number of nitrogens with one attached hydrogen (secondary N) is 1. The van der Waals surface area contributed by atoms with Crippen LogP contribution >= 0.6 is 22.9 Å². The van der Waals surface area contributed by atoms with Gasteiger partial charge in [-0.05, 0) is 31.5 Å². The van der Waals surface area contributed by atoms with Crippen LogP contribution in [0.4, 0.5) is 10.8 Å². The Hall–Kier alpha value is -1.59. The molecule has 1 heterocycles. The third-order valence-corrected chi connectivity index (χ3v) is 3.67. The molecule has 0 saturated carbocycles. The summed E-state index contributed by atoms with van der Waals surface area (Å²) in [6.07, 6.45) is 0.188. The highest BCUT2D eigenvalue weighted by atomic mass is 35.5. The van der Waals surface area contributed by atoms with Gasteiger partial charge < -0.3 is 10.1 Å². The summed E-state index contributed by atoms with van der Waals surface area (Å²) in [5, 5.41) is 6.33. The number of thiazole rings is 1. The molecule has 0 saturated heterocycles. The SMILES string of the molecule is CCOC(=O)Cc1csc(Nc2ccc(C)cc2Cl)n1. The number of carbonyl (C=O) groups is 1. The number of benzene rings is 1. The first-order valence-corrected chi connectivity index (χ1v) is 7.47. The normalized spacial score (nSPS) is 10.3. The lowest BCUT2D eigenvalue weighted by atomic mass is 10.2. The molecule has 0 aliphatic carbocycles. The highest BCUT2D eigenvalue weighted by Gasteiger charge is 2.09. The second-order valence-corrected chi connectivity index (χ2v) is 5.50. The van der Waals surface area contributed by atoms with Gasteiger partial charge in [-0.1, -0.05) is 17.7 Å². The zero-order valence-corrected chi connectivity index (χ0v) is 12.8. The molecule has 0 unspecified atom stereocenters. The molecule has 0 bridgehead atoms. The smallest absolute Gasteiger partial charge is 0.311 e. The Balaban J connectivity index is 2.04. The molecule has 20 heavy (non-hydrogen) atoms. The van der Waals surface area contributed by atoms with Crippen molar-refractivity contribution in [3.63, 3.8) is 0 Å². The summed E-state index contributed by atoms with van der Waals surface area (Å²) in [7, 11) is 0. The molecular formula is C14H15ClN2O2S. The van der Waals surface area contributed by atoms with E-state index in [2.05, 4.69) is 10.3 Å². The summed E-state index contributed by atoms with van der Waals surface area (Å²) in [6.45, 7) is 4.15. The molecule has 0 atom stereocenters. The van der Waals surface area contributed by atoms with E-state index in [0.29, 0.717) is 22.5 Å². The van der Waals surface area contributed by atoms with Gasteiger partial charge in [0.1, 0.15) is 0 Å². The van der Waals surface area contributed by atoms with Crippen LogP contribution in [0, 0.1) is 6.92 Å². The second kappa shape index (κ2) is 6.72. The molecule has 0 radical (unpaired) electrons. The minimum atomic E-state index is -0.266. The zero-order chi connectivity index (χ0) is 14.5. The van der Waals surface area contributed by atoms with Crippen molar-refractivity contribution in [1.82, 2.24) is 4.98 Å². The number of halogens is 1. The Morgan fingerprint density at radius 2 is 2.30 bits per heavy atom. The summed E-state index contributed by atoms with van der Waals surface area (Å²) < 4.78 is 4.89. The fraction of sp³-hybridized carbons (Fsp3) is 0.286. The first-order valence-electron chi connectivity index (χ1n) is 6.21.